The predicted molar refractivity (Wildman–Crippen MR) is 200 cm³/mol. The lowest BCUT2D eigenvalue weighted by atomic mass is 9.82. The molecule has 3 heteroatoms. The largest absolute Gasteiger partial charge is 0.294 e. The summed E-state index contributed by atoms with van der Waals surface area (Å²) in [4.78, 5) is 7.52. The predicted octanol–water partition coefficient (Wildman–Crippen LogP) is 12.6. The molecular weight excluding hydrogens is 589 g/mol. The van der Waals surface area contributed by atoms with Crippen LogP contribution in [0.3, 0.4) is 0 Å². The van der Waals surface area contributed by atoms with Crippen molar-refractivity contribution in [3.8, 4) is 33.4 Å². The summed E-state index contributed by atoms with van der Waals surface area (Å²) in [5.41, 5.74) is 12.2. The molecule has 47 heavy (non-hydrogen) atoms. The van der Waals surface area contributed by atoms with Crippen LogP contribution in [0.4, 0.5) is 17.2 Å². The zero-order chi connectivity index (χ0) is 31.5. The first-order valence-corrected chi connectivity index (χ1v) is 16.9. The SMILES string of the molecule is CC1(C)c2ccccc2-c2c(N(c3cccc(-c4ccc(-c5ccccc5)cc4)c3)c3cc4c(cn3)sc3ccccc34)cccc21. The van der Waals surface area contributed by atoms with E-state index < -0.39 is 0 Å². The van der Waals surface area contributed by atoms with Gasteiger partial charge in [0, 0.05) is 38.3 Å². The number of pyridine rings is 1. The summed E-state index contributed by atoms with van der Waals surface area (Å²) >= 11 is 1.80. The van der Waals surface area contributed by atoms with Crippen LogP contribution >= 0.6 is 11.3 Å². The van der Waals surface area contributed by atoms with Gasteiger partial charge in [0.15, 0.2) is 0 Å². The fourth-order valence-electron chi connectivity index (χ4n) is 7.37. The third-order valence-electron chi connectivity index (χ3n) is 9.74. The van der Waals surface area contributed by atoms with Gasteiger partial charge in [0.2, 0.25) is 0 Å². The molecule has 0 N–H and O–H groups in total. The standard InChI is InChI=1S/C44H32N2S/c1-44(2)37-18-8-6-17-35(37)43-38(44)19-11-20-39(43)46(42-27-36-34-16-7-9-21-40(34)47-41(36)28-45-42)33-15-10-14-32(26-33)31-24-22-30(23-25-31)29-12-4-3-5-13-29/h3-28H,1-2H3. The average Bonchev–Trinajstić information content (AvgIpc) is 3.61. The summed E-state index contributed by atoms with van der Waals surface area (Å²) in [6, 6.07) is 54.9. The number of rotatable bonds is 5. The lowest BCUT2D eigenvalue weighted by Gasteiger charge is -2.28. The summed E-state index contributed by atoms with van der Waals surface area (Å²) in [7, 11) is 0. The summed E-state index contributed by atoms with van der Waals surface area (Å²) < 4.78 is 2.48. The maximum absolute atomic E-state index is 5.16. The molecule has 0 saturated carbocycles. The van der Waals surface area contributed by atoms with Gasteiger partial charge >= 0.3 is 0 Å². The van der Waals surface area contributed by atoms with Crippen molar-refractivity contribution in [1.82, 2.24) is 4.98 Å². The Balaban J connectivity index is 1.24. The van der Waals surface area contributed by atoms with Gasteiger partial charge in [-0.15, -0.1) is 11.3 Å². The van der Waals surface area contributed by atoms with Gasteiger partial charge in [0.1, 0.15) is 5.82 Å². The molecular formula is C44H32N2S. The monoisotopic (exact) mass is 620 g/mol. The van der Waals surface area contributed by atoms with E-state index >= 15 is 0 Å². The van der Waals surface area contributed by atoms with Crippen LogP contribution in [0.25, 0.3) is 53.6 Å². The molecule has 0 atom stereocenters. The summed E-state index contributed by atoms with van der Waals surface area (Å²) in [5.74, 6) is 0.910. The minimum Gasteiger partial charge on any atom is -0.294 e. The van der Waals surface area contributed by atoms with E-state index in [4.69, 9.17) is 4.98 Å². The lowest BCUT2D eigenvalue weighted by molar-refractivity contribution is 0.660. The second-order valence-corrected chi connectivity index (χ2v) is 13.9. The number of anilines is 3. The van der Waals surface area contributed by atoms with Crippen LogP contribution in [0.2, 0.25) is 0 Å². The molecule has 0 unspecified atom stereocenters. The number of fused-ring (bicyclic) bond motifs is 6. The molecule has 9 rings (SSSR count). The molecule has 0 aliphatic heterocycles. The van der Waals surface area contributed by atoms with Crippen molar-refractivity contribution < 1.29 is 0 Å². The molecule has 0 spiro atoms. The molecule has 2 nitrogen and oxygen atoms in total. The van der Waals surface area contributed by atoms with Crippen molar-refractivity contribution in [1.29, 1.82) is 0 Å². The number of thiophene rings is 1. The van der Waals surface area contributed by atoms with Crippen LogP contribution in [-0.2, 0) is 5.41 Å². The number of benzene rings is 6. The van der Waals surface area contributed by atoms with Crippen molar-refractivity contribution >= 4 is 48.7 Å². The average molecular weight is 621 g/mol. The molecule has 0 fully saturated rings. The highest BCUT2D eigenvalue weighted by molar-refractivity contribution is 7.25. The number of nitrogens with zero attached hydrogens (tertiary/aromatic N) is 2. The first-order valence-electron chi connectivity index (χ1n) is 16.1. The van der Waals surface area contributed by atoms with Gasteiger partial charge in [0.05, 0.1) is 10.4 Å². The first kappa shape index (κ1) is 27.8. The van der Waals surface area contributed by atoms with E-state index in [0.29, 0.717) is 0 Å². The molecule has 0 amide bonds. The fraction of sp³-hybridized carbons (Fsp3) is 0.0682. The third-order valence-corrected chi connectivity index (χ3v) is 10.9. The minimum atomic E-state index is -0.100. The smallest absolute Gasteiger partial charge is 0.138 e. The molecule has 1 aliphatic rings. The minimum absolute atomic E-state index is 0.100. The summed E-state index contributed by atoms with van der Waals surface area (Å²) in [5, 5.41) is 2.51. The molecule has 224 valence electrons. The topological polar surface area (TPSA) is 16.1 Å². The van der Waals surface area contributed by atoms with Crippen molar-refractivity contribution in [3.05, 3.63) is 169 Å². The normalized spacial score (nSPS) is 13.1. The molecule has 2 aromatic heterocycles. The maximum Gasteiger partial charge on any atom is 0.138 e. The van der Waals surface area contributed by atoms with Gasteiger partial charge < -0.3 is 0 Å². The number of hydrogen-bond acceptors (Lipinski definition) is 3. The van der Waals surface area contributed by atoms with Gasteiger partial charge in [-0.1, -0.05) is 135 Å². The molecule has 0 radical (unpaired) electrons. The van der Waals surface area contributed by atoms with Crippen LogP contribution in [-0.4, -0.2) is 4.98 Å². The Labute approximate surface area is 279 Å². The Morgan fingerprint density at radius 1 is 0.532 bits per heavy atom. The van der Waals surface area contributed by atoms with Crippen LogP contribution in [0, 0.1) is 0 Å². The third kappa shape index (κ3) is 4.50. The molecule has 2 heterocycles. The highest BCUT2D eigenvalue weighted by Gasteiger charge is 2.37. The van der Waals surface area contributed by atoms with E-state index in [1.165, 1.54) is 64.7 Å². The number of hydrogen-bond donors (Lipinski definition) is 0. The quantitative estimate of drug-likeness (QED) is 0.190. The van der Waals surface area contributed by atoms with Gasteiger partial charge in [0.25, 0.3) is 0 Å². The van der Waals surface area contributed by atoms with E-state index in [0.717, 1.165) is 17.2 Å². The zero-order valence-electron chi connectivity index (χ0n) is 26.3. The molecule has 0 bridgehead atoms. The second-order valence-electron chi connectivity index (χ2n) is 12.8. The Morgan fingerprint density at radius 3 is 2.04 bits per heavy atom. The molecule has 8 aromatic rings. The van der Waals surface area contributed by atoms with Crippen LogP contribution < -0.4 is 4.90 Å². The summed E-state index contributed by atoms with van der Waals surface area (Å²) in [6.45, 7) is 4.68. The van der Waals surface area contributed by atoms with Gasteiger partial charge in [-0.05, 0) is 69.3 Å². The van der Waals surface area contributed by atoms with Gasteiger partial charge in [-0.3, -0.25) is 4.90 Å². The number of aromatic nitrogens is 1. The highest BCUT2D eigenvalue weighted by Crippen LogP contribution is 2.54. The van der Waals surface area contributed by atoms with Gasteiger partial charge in [-0.2, -0.15) is 0 Å². The van der Waals surface area contributed by atoms with E-state index in [9.17, 15) is 0 Å². The van der Waals surface area contributed by atoms with Crippen LogP contribution in [0.5, 0.6) is 0 Å². The molecule has 0 saturated heterocycles. The van der Waals surface area contributed by atoms with Crippen molar-refractivity contribution in [2.75, 3.05) is 4.90 Å². The first-order chi connectivity index (χ1) is 23.1. The van der Waals surface area contributed by atoms with E-state index in [2.05, 4.69) is 177 Å². The Hall–Kier alpha value is -5.51. The van der Waals surface area contributed by atoms with Crippen LogP contribution in [0.1, 0.15) is 25.0 Å². The van der Waals surface area contributed by atoms with Crippen molar-refractivity contribution in [3.63, 3.8) is 0 Å². The highest BCUT2D eigenvalue weighted by atomic mass is 32.1. The Kier molecular flexibility index (Phi) is 6.38. The van der Waals surface area contributed by atoms with E-state index in [1.54, 1.807) is 11.3 Å². The lowest BCUT2D eigenvalue weighted by Crippen LogP contribution is -2.16. The van der Waals surface area contributed by atoms with E-state index in [-0.39, 0.29) is 5.41 Å². The summed E-state index contributed by atoms with van der Waals surface area (Å²) in [6.07, 6.45) is 2.05. The second kappa shape index (κ2) is 10.8. The van der Waals surface area contributed by atoms with Gasteiger partial charge in [-0.25, -0.2) is 4.98 Å². The fourth-order valence-corrected chi connectivity index (χ4v) is 8.42. The Morgan fingerprint density at radius 2 is 1.19 bits per heavy atom. The van der Waals surface area contributed by atoms with Crippen LogP contribution in [0.15, 0.2) is 158 Å². The zero-order valence-corrected chi connectivity index (χ0v) is 27.1. The van der Waals surface area contributed by atoms with Crippen molar-refractivity contribution in [2.24, 2.45) is 0 Å². The van der Waals surface area contributed by atoms with E-state index in [1.807, 2.05) is 0 Å². The molecule has 1 aliphatic carbocycles. The Bertz CT molecular complexity index is 2440. The maximum atomic E-state index is 5.16. The molecule has 6 aromatic carbocycles. The van der Waals surface area contributed by atoms with Crippen molar-refractivity contribution in [2.45, 2.75) is 19.3 Å².